The van der Waals surface area contributed by atoms with Crippen molar-refractivity contribution in [2.75, 3.05) is 40.9 Å². The van der Waals surface area contributed by atoms with Gasteiger partial charge in [-0.2, -0.15) is 0 Å². The summed E-state index contributed by atoms with van der Waals surface area (Å²) in [7, 11) is 1.30. The molecule has 0 aromatic heterocycles. The number of phosphoric ester groups is 1. The van der Waals surface area contributed by atoms with E-state index in [1.54, 1.807) is 0 Å². The first-order valence-corrected chi connectivity index (χ1v) is 37.0. The lowest BCUT2D eigenvalue weighted by atomic mass is 10.0. The Balaban J connectivity index is 4.06. The van der Waals surface area contributed by atoms with Gasteiger partial charge in [0.25, 0.3) is 7.82 Å². The second kappa shape index (κ2) is 64.9. The average Bonchev–Trinajstić information content (AvgIpc) is 3.56. The molecule has 0 aliphatic heterocycles. The van der Waals surface area contributed by atoms with E-state index in [9.17, 15) is 19.4 Å². The highest BCUT2D eigenvalue weighted by Crippen LogP contribution is 2.38. The first-order valence-electron chi connectivity index (χ1n) is 35.6. The number of rotatable bonds is 65. The summed E-state index contributed by atoms with van der Waals surface area (Å²) >= 11 is 0. The zero-order valence-electron chi connectivity index (χ0n) is 55.8. The van der Waals surface area contributed by atoms with Crippen LogP contribution in [0.3, 0.4) is 0 Å². The van der Waals surface area contributed by atoms with Crippen LogP contribution in [-0.2, 0) is 18.4 Å². The number of hydrogen-bond donors (Lipinski definition) is 2. The molecule has 0 aromatic carbocycles. The molecular formula is C75H137N2O6P. The van der Waals surface area contributed by atoms with Gasteiger partial charge >= 0.3 is 0 Å². The normalized spacial score (nSPS) is 14.2. The molecule has 8 nitrogen and oxygen atoms in total. The van der Waals surface area contributed by atoms with Crippen molar-refractivity contribution in [3.05, 3.63) is 97.2 Å². The molecule has 3 atom stereocenters. The molecule has 9 heteroatoms. The lowest BCUT2D eigenvalue weighted by molar-refractivity contribution is -0.870. The summed E-state index contributed by atoms with van der Waals surface area (Å²) < 4.78 is 23.5. The molecule has 2 N–H and O–H groups in total. The zero-order valence-corrected chi connectivity index (χ0v) is 56.7. The van der Waals surface area contributed by atoms with Gasteiger partial charge in [-0.05, 0) is 77.0 Å². The molecule has 0 bridgehead atoms. The summed E-state index contributed by atoms with van der Waals surface area (Å²) in [6.07, 6.45) is 93.3. The predicted molar refractivity (Wildman–Crippen MR) is 366 cm³/mol. The molecule has 0 heterocycles. The molecule has 0 aliphatic carbocycles. The van der Waals surface area contributed by atoms with Crippen LogP contribution in [0.4, 0.5) is 0 Å². The van der Waals surface area contributed by atoms with E-state index in [-0.39, 0.29) is 19.1 Å². The van der Waals surface area contributed by atoms with Crippen LogP contribution in [0.5, 0.6) is 0 Å². The number of likely N-dealkylation sites (N-methyl/N-ethyl adjacent to an activating group) is 1. The Morgan fingerprint density at radius 2 is 0.726 bits per heavy atom. The first-order chi connectivity index (χ1) is 41.0. The third kappa shape index (κ3) is 66.9. The fourth-order valence-corrected chi connectivity index (χ4v) is 11.1. The fourth-order valence-electron chi connectivity index (χ4n) is 10.4. The Morgan fingerprint density at radius 1 is 0.429 bits per heavy atom. The Bertz CT molecular complexity index is 1690. The monoisotopic (exact) mass is 1190 g/mol. The maximum Gasteiger partial charge on any atom is 0.268 e. The topological polar surface area (TPSA) is 108 Å². The van der Waals surface area contributed by atoms with Crippen molar-refractivity contribution >= 4 is 13.7 Å². The number of carbonyl (C=O) groups is 1. The van der Waals surface area contributed by atoms with Gasteiger partial charge in [0.2, 0.25) is 5.91 Å². The van der Waals surface area contributed by atoms with E-state index in [1.807, 2.05) is 21.1 Å². The van der Waals surface area contributed by atoms with E-state index in [2.05, 4.69) is 116 Å². The van der Waals surface area contributed by atoms with Crippen molar-refractivity contribution in [3.63, 3.8) is 0 Å². The quantitative estimate of drug-likeness (QED) is 0.0272. The van der Waals surface area contributed by atoms with Gasteiger partial charge in [0.15, 0.2) is 0 Å². The number of allylic oxidation sites excluding steroid dienone is 16. The minimum absolute atomic E-state index is 0.00917. The Hall–Kier alpha value is -2.58. The molecule has 0 radical (unpaired) electrons. The largest absolute Gasteiger partial charge is 0.756 e. The van der Waals surface area contributed by atoms with Crippen molar-refractivity contribution in [2.45, 2.75) is 334 Å². The molecule has 0 rings (SSSR count). The lowest BCUT2D eigenvalue weighted by Gasteiger charge is -2.30. The van der Waals surface area contributed by atoms with Gasteiger partial charge in [0.1, 0.15) is 13.2 Å². The van der Waals surface area contributed by atoms with Gasteiger partial charge in [-0.1, -0.05) is 336 Å². The molecule has 0 aromatic rings. The fraction of sp³-hybridized carbons (Fsp3) is 0.773. The van der Waals surface area contributed by atoms with Crippen LogP contribution in [0.2, 0.25) is 0 Å². The molecule has 84 heavy (non-hydrogen) atoms. The molecule has 0 fully saturated rings. The average molecular weight is 1190 g/mol. The minimum Gasteiger partial charge on any atom is -0.756 e. The number of nitrogens with zero attached hydrogens (tertiary/aromatic N) is 1. The van der Waals surface area contributed by atoms with Crippen LogP contribution in [0.15, 0.2) is 97.2 Å². The number of hydrogen-bond acceptors (Lipinski definition) is 6. The van der Waals surface area contributed by atoms with E-state index in [4.69, 9.17) is 9.05 Å². The summed E-state index contributed by atoms with van der Waals surface area (Å²) in [6, 6.07) is -0.809. The molecule has 1 amide bonds. The van der Waals surface area contributed by atoms with Crippen molar-refractivity contribution in [2.24, 2.45) is 0 Å². The maximum atomic E-state index is 13.1. The molecular weight excluding hydrogens is 1060 g/mol. The maximum absolute atomic E-state index is 13.1. The molecule has 0 aliphatic rings. The Kier molecular flexibility index (Phi) is 62.9. The number of quaternary nitrogens is 1. The third-order valence-electron chi connectivity index (χ3n) is 15.8. The van der Waals surface area contributed by atoms with E-state index >= 15 is 0 Å². The summed E-state index contributed by atoms with van der Waals surface area (Å²) in [4.78, 5) is 25.7. The van der Waals surface area contributed by atoms with Crippen LogP contribution < -0.4 is 10.2 Å². The number of aliphatic hydroxyl groups is 1. The summed E-state index contributed by atoms with van der Waals surface area (Å²) in [6.45, 7) is 4.64. The second-order valence-electron chi connectivity index (χ2n) is 25.2. The smallest absolute Gasteiger partial charge is 0.268 e. The predicted octanol–water partition coefficient (Wildman–Crippen LogP) is 22.3. The van der Waals surface area contributed by atoms with Gasteiger partial charge < -0.3 is 28.8 Å². The zero-order chi connectivity index (χ0) is 61.2. The minimum atomic E-state index is -4.59. The number of phosphoric acid groups is 1. The summed E-state index contributed by atoms with van der Waals surface area (Å²) in [5.41, 5.74) is 0. The van der Waals surface area contributed by atoms with E-state index in [1.165, 1.54) is 205 Å². The summed E-state index contributed by atoms with van der Waals surface area (Å²) in [5.74, 6) is -0.166. The van der Waals surface area contributed by atoms with Crippen LogP contribution in [0.1, 0.15) is 322 Å². The molecule has 0 saturated heterocycles. The van der Waals surface area contributed by atoms with Gasteiger partial charge in [0, 0.05) is 6.42 Å². The highest BCUT2D eigenvalue weighted by atomic mass is 31.2. The number of unbranched alkanes of at least 4 members (excludes halogenated alkanes) is 36. The van der Waals surface area contributed by atoms with Crippen LogP contribution in [0.25, 0.3) is 0 Å². The third-order valence-corrected chi connectivity index (χ3v) is 16.8. The van der Waals surface area contributed by atoms with Crippen molar-refractivity contribution in [1.29, 1.82) is 0 Å². The van der Waals surface area contributed by atoms with Crippen LogP contribution in [-0.4, -0.2) is 68.5 Å². The van der Waals surface area contributed by atoms with Gasteiger partial charge in [0.05, 0.1) is 39.9 Å². The number of aliphatic hydroxyl groups excluding tert-OH is 1. The highest BCUT2D eigenvalue weighted by Gasteiger charge is 2.24. The SMILES string of the molecule is CC/C=C\C/C=C\C/C=C\C/C=C\C/C=C\C/C=C\C/C=C\C/C=C\CCCCCCCCCCCCCCC(=O)NC(COP(=O)([O-])OCC[N+](C)(C)C)C(O)CCCCCCCCCCCCCCCCCCCCCCCCCCC. The van der Waals surface area contributed by atoms with Crippen LogP contribution in [0, 0.1) is 0 Å². The highest BCUT2D eigenvalue weighted by molar-refractivity contribution is 7.45. The molecule has 0 saturated carbocycles. The van der Waals surface area contributed by atoms with Gasteiger partial charge in [-0.3, -0.25) is 9.36 Å². The second-order valence-corrected chi connectivity index (χ2v) is 26.6. The van der Waals surface area contributed by atoms with Gasteiger partial charge in [-0.25, -0.2) is 0 Å². The number of amides is 1. The molecule has 488 valence electrons. The van der Waals surface area contributed by atoms with Gasteiger partial charge in [-0.15, -0.1) is 0 Å². The Morgan fingerprint density at radius 3 is 1.06 bits per heavy atom. The van der Waals surface area contributed by atoms with E-state index < -0.39 is 20.0 Å². The van der Waals surface area contributed by atoms with E-state index in [0.29, 0.717) is 23.9 Å². The number of nitrogens with one attached hydrogen (secondary N) is 1. The van der Waals surface area contributed by atoms with Crippen molar-refractivity contribution < 1.29 is 32.9 Å². The van der Waals surface area contributed by atoms with Crippen LogP contribution >= 0.6 is 7.82 Å². The van der Waals surface area contributed by atoms with E-state index in [0.717, 1.165) is 89.9 Å². The molecule has 3 unspecified atom stereocenters. The lowest BCUT2D eigenvalue weighted by Crippen LogP contribution is -2.46. The molecule has 0 spiro atoms. The number of carbonyl (C=O) groups excluding carboxylic acids is 1. The first kappa shape index (κ1) is 81.4. The summed E-state index contributed by atoms with van der Waals surface area (Å²) in [5, 5.41) is 14.1. The Labute approximate surface area is 521 Å². The van der Waals surface area contributed by atoms with Crippen molar-refractivity contribution in [1.82, 2.24) is 5.32 Å². The van der Waals surface area contributed by atoms with Crippen molar-refractivity contribution in [3.8, 4) is 0 Å². The standard InChI is InChI=1S/C75H137N2O6P/c1-6-8-10-12-14-16-18-20-22-24-26-28-30-32-33-34-35-36-37-38-39-40-41-42-43-45-47-49-51-53-55-57-59-61-63-65-67-69-75(79)76-73(72-83-84(80,81)82-71-70-77(3,4)5)74(78)68-66-64-62-60-58-56-54-52-50-48-46-44-31-29-27-25-23-21-19-17-15-13-11-9-7-2/h8,10,14,16,20,22,26,28,32-33,35-36,38-39,41-42,73-74,78H,6-7,9,11-13,15,17-19,21,23-25,27,29-31,34,37,40,43-72H2,1-5H3,(H-,76,79,80,81)/b10-8-,16-14-,22-20-,28-26-,33-32-,36-35-,39-38-,42-41-.